The summed E-state index contributed by atoms with van der Waals surface area (Å²) >= 11 is 0. The zero-order valence-corrected chi connectivity index (χ0v) is 13.6. The molecule has 1 atom stereocenters. The maximum Gasteiger partial charge on any atom is 0.226 e. The van der Waals surface area contributed by atoms with Crippen LogP contribution in [0, 0.1) is 12.8 Å². The first kappa shape index (κ1) is 16.0. The molecule has 2 heterocycles. The third kappa shape index (κ3) is 5.50. The number of ether oxygens (including phenoxy) is 1. The van der Waals surface area contributed by atoms with E-state index in [1.54, 1.807) is 0 Å². The lowest BCUT2D eigenvalue weighted by Crippen LogP contribution is -2.35. The van der Waals surface area contributed by atoms with E-state index in [0.717, 1.165) is 18.8 Å². The van der Waals surface area contributed by atoms with Gasteiger partial charge in [0, 0.05) is 24.8 Å². The van der Waals surface area contributed by atoms with Crippen LogP contribution in [0.4, 0.5) is 5.95 Å². The topological polar surface area (TPSA) is 50.3 Å². The van der Waals surface area contributed by atoms with Crippen LogP contribution in [0.15, 0.2) is 6.07 Å². The molecule has 1 aliphatic rings. The van der Waals surface area contributed by atoms with Gasteiger partial charge in [-0.3, -0.25) is 0 Å². The number of nitrogens with one attached hydrogen (secondary N) is 1. The minimum Gasteiger partial charge on any atom is -0.478 e. The second kappa shape index (κ2) is 8.17. The van der Waals surface area contributed by atoms with Crippen molar-refractivity contribution >= 4 is 5.95 Å². The monoisotopic (exact) mass is 292 g/mol. The summed E-state index contributed by atoms with van der Waals surface area (Å²) in [6.07, 6.45) is 4.08. The smallest absolute Gasteiger partial charge is 0.226 e. The van der Waals surface area contributed by atoms with Crippen LogP contribution >= 0.6 is 0 Å². The van der Waals surface area contributed by atoms with Gasteiger partial charge in [0.05, 0.1) is 6.61 Å². The van der Waals surface area contributed by atoms with Crippen LogP contribution in [0.1, 0.15) is 38.8 Å². The van der Waals surface area contributed by atoms with Crippen molar-refractivity contribution < 1.29 is 4.74 Å². The number of hydrogen-bond acceptors (Lipinski definition) is 5. The van der Waals surface area contributed by atoms with E-state index in [9.17, 15) is 0 Å². The number of aryl methyl sites for hydroxylation is 1. The molecule has 1 N–H and O–H groups in total. The molecule has 0 aromatic carbocycles. The molecular formula is C16H28N4O. The lowest BCUT2D eigenvalue weighted by molar-refractivity contribution is 0.204. The highest BCUT2D eigenvalue weighted by Gasteiger charge is 2.13. The third-order valence-electron chi connectivity index (χ3n) is 3.75. The van der Waals surface area contributed by atoms with Crippen LogP contribution in [0.2, 0.25) is 0 Å². The number of piperidine rings is 1. The first-order chi connectivity index (χ1) is 10.2. The predicted molar refractivity (Wildman–Crippen MR) is 85.9 cm³/mol. The number of hydrogen-bond donors (Lipinski definition) is 1. The third-order valence-corrected chi connectivity index (χ3v) is 3.75. The van der Waals surface area contributed by atoms with Gasteiger partial charge in [0.15, 0.2) is 0 Å². The summed E-state index contributed by atoms with van der Waals surface area (Å²) in [7, 11) is 0. The average Bonchev–Trinajstić information content (AvgIpc) is 2.46. The Balaban J connectivity index is 1.81. The lowest BCUT2D eigenvalue weighted by Gasteiger charge is -2.29. The molecule has 1 aromatic rings. The number of likely N-dealkylation sites (tertiary alicyclic amines) is 1. The van der Waals surface area contributed by atoms with Crippen molar-refractivity contribution in [2.45, 2.75) is 40.0 Å². The molecule has 1 aromatic heterocycles. The Morgan fingerprint density at radius 3 is 2.76 bits per heavy atom. The molecule has 5 heteroatoms. The van der Waals surface area contributed by atoms with E-state index in [1.807, 2.05) is 19.9 Å². The molecule has 1 saturated heterocycles. The molecule has 21 heavy (non-hydrogen) atoms. The largest absolute Gasteiger partial charge is 0.478 e. The predicted octanol–water partition coefficient (Wildman–Crippen LogP) is 2.72. The maximum absolute atomic E-state index is 5.46. The van der Waals surface area contributed by atoms with E-state index in [-0.39, 0.29) is 0 Å². The summed E-state index contributed by atoms with van der Waals surface area (Å²) < 4.78 is 5.46. The SMILES string of the molecule is CCOc1cc(C)nc(NCC(C)CN2CCCCC2)n1. The van der Waals surface area contributed by atoms with Crippen molar-refractivity contribution in [3.8, 4) is 5.88 Å². The quantitative estimate of drug-likeness (QED) is 0.837. The molecule has 1 fully saturated rings. The molecule has 0 aliphatic carbocycles. The van der Waals surface area contributed by atoms with Crippen molar-refractivity contribution in [3.05, 3.63) is 11.8 Å². The van der Waals surface area contributed by atoms with E-state index >= 15 is 0 Å². The fraction of sp³-hybridized carbons (Fsp3) is 0.750. The molecular weight excluding hydrogens is 264 g/mol. The summed E-state index contributed by atoms with van der Waals surface area (Å²) in [6.45, 7) is 11.4. The fourth-order valence-corrected chi connectivity index (χ4v) is 2.75. The van der Waals surface area contributed by atoms with E-state index in [2.05, 4.69) is 27.1 Å². The Morgan fingerprint density at radius 2 is 2.05 bits per heavy atom. The second-order valence-electron chi connectivity index (χ2n) is 5.95. The van der Waals surface area contributed by atoms with Gasteiger partial charge in [-0.1, -0.05) is 13.3 Å². The molecule has 118 valence electrons. The van der Waals surface area contributed by atoms with Crippen LogP contribution < -0.4 is 10.1 Å². The van der Waals surface area contributed by atoms with Crippen molar-refractivity contribution in [1.29, 1.82) is 0 Å². The molecule has 0 bridgehead atoms. The summed E-state index contributed by atoms with van der Waals surface area (Å²) in [5.41, 5.74) is 0.930. The van der Waals surface area contributed by atoms with E-state index < -0.39 is 0 Å². The average molecular weight is 292 g/mol. The normalized spacial score (nSPS) is 17.5. The highest BCUT2D eigenvalue weighted by Crippen LogP contribution is 2.14. The number of anilines is 1. The minimum atomic E-state index is 0.586. The number of rotatable bonds is 7. The van der Waals surface area contributed by atoms with Crippen LogP contribution in [-0.4, -0.2) is 47.7 Å². The molecule has 0 spiro atoms. The van der Waals surface area contributed by atoms with Crippen molar-refractivity contribution in [1.82, 2.24) is 14.9 Å². The van der Waals surface area contributed by atoms with Crippen LogP contribution in [0.5, 0.6) is 5.88 Å². The molecule has 2 rings (SSSR count). The number of nitrogens with zero attached hydrogens (tertiary/aromatic N) is 3. The van der Waals surface area contributed by atoms with Gasteiger partial charge in [-0.05, 0) is 45.7 Å². The Labute approximate surface area is 128 Å². The molecule has 1 unspecified atom stereocenters. The summed E-state index contributed by atoms with van der Waals surface area (Å²) in [5, 5.41) is 3.34. The van der Waals surface area contributed by atoms with E-state index in [0.29, 0.717) is 24.4 Å². The van der Waals surface area contributed by atoms with E-state index in [1.165, 1.54) is 32.4 Å². The van der Waals surface area contributed by atoms with Gasteiger partial charge in [-0.15, -0.1) is 0 Å². The first-order valence-electron chi connectivity index (χ1n) is 8.12. The van der Waals surface area contributed by atoms with Gasteiger partial charge in [-0.2, -0.15) is 4.98 Å². The zero-order valence-electron chi connectivity index (χ0n) is 13.6. The van der Waals surface area contributed by atoms with E-state index in [4.69, 9.17) is 4.74 Å². The zero-order chi connectivity index (χ0) is 15.1. The van der Waals surface area contributed by atoms with Gasteiger partial charge in [0.1, 0.15) is 0 Å². The second-order valence-corrected chi connectivity index (χ2v) is 5.95. The van der Waals surface area contributed by atoms with Gasteiger partial charge in [0.2, 0.25) is 11.8 Å². The molecule has 0 saturated carbocycles. The Kier molecular flexibility index (Phi) is 6.23. The Bertz CT molecular complexity index is 432. The first-order valence-corrected chi connectivity index (χ1v) is 8.12. The standard InChI is InChI=1S/C16H28N4O/c1-4-21-15-10-14(3)18-16(19-15)17-11-13(2)12-20-8-6-5-7-9-20/h10,13H,4-9,11-12H2,1-3H3,(H,17,18,19). The van der Waals surface area contributed by atoms with Crippen LogP contribution in [0.25, 0.3) is 0 Å². The highest BCUT2D eigenvalue weighted by molar-refractivity contribution is 5.30. The molecule has 0 amide bonds. The molecule has 5 nitrogen and oxygen atoms in total. The maximum atomic E-state index is 5.46. The summed E-state index contributed by atoms with van der Waals surface area (Å²) in [4.78, 5) is 11.4. The van der Waals surface area contributed by atoms with Crippen molar-refractivity contribution in [2.24, 2.45) is 5.92 Å². The van der Waals surface area contributed by atoms with Crippen LogP contribution in [-0.2, 0) is 0 Å². The summed E-state index contributed by atoms with van der Waals surface area (Å²) in [5.74, 6) is 1.91. The fourth-order valence-electron chi connectivity index (χ4n) is 2.75. The van der Waals surface area contributed by atoms with Gasteiger partial charge in [0.25, 0.3) is 0 Å². The Morgan fingerprint density at radius 1 is 1.29 bits per heavy atom. The number of aromatic nitrogens is 2. The van der Waals surface area contributed by atoms with Gasteiger partial charge < -0.3 is 15.0 Å². The highest BCUT2D eigenvalue weighted by atomic mass is 16.5. The lowest BCUT2D eigenvalue weighted by atomic mass is 10.1. The van der Waals surface area contributed by atoms with Crippen molar-refractivity contribution in [2.75, 3.05) is 38.1 Å². The molecule has 1 aliphatic heterocycles. The van der Waals surface area contributed by atoms with Gasteiger partial charge in [-0.25, -0.2) is 4.98 Å². The Hall–Kier alpha value is -1.36. The van der Waals surface area contributed by atoms with Crippen LogP contribution in [0.3, 0.4) is 0 Å². The van der Waals surface area contributed by atoms with Gasteiger partial charge >= 0.3 is 0 Å². The van der Waals surface area contributed by atoms with Crippen molar-refractivity contribution in [3.63, 3.8) is 0 Å². The molecule has 0 radical (unpaired) electrons. The summed E-state index contributed by atoms with van der Waals surface area (Å²) in [6, 6.07) is 1.87. The minimum absolute atomic E-state index is 0.586.